The van der Waals surface area contributed by atoms with E-state index < -0.39 is 0 Å². The van der Waals surface area contributed by atoms with E-state index in [-0.39, 0.29) is 17.1 Å². The zero-order valence-corrected chi connectivity index (χ0v) is 13.1. The minimum Gasteiger partial charge on any atom is -0.340 e. The van der Waals surface area contributed by atoms with E-state index >= 15 is 0 Å². The second-order valence-electron chi connectivity index (χ2n) is 4.85. The third-order valence-corrected chi connectivity index (χ3v) is 4.11. The number of nitrogens with zero attached hydrogens (tertiary/aromatic N) is 1. The van der Waals surface area contributed by atoms with Crippen molar-refractivity contribution in [2.75, 3.05) is 7.05 Å². The molecule has 0 radical (unpaired) electrons. The SMILES string of the molecule is Cc1ccc(C(C)N(C)C(=O)c2cc(Cl)c(Cl)[nH]2)cc1. The fraction of sp³-hybridized carbons (Fsp3) is 0.267. The van der Waals surface area contributed by atoms with Gasteiger partial charge in [0.05, 0.1) is 11.1 Å². The van der Waals surface area contributed by atoms with E-state index in [2.05, 4.69) is 4.98 Å². The standard InChI is InChI=1S/C15H16Cl2N2O/c1-9-4-6-11(7-5-9)10(2)19(3)15(20)13-8-12(16)14(17)18-13/h4-8,10,18H,1-3H3. The molecule has 3 nitrogen and oxygen atoms in total. The lowest BCUT2D eigenvalue weighted by Crippen LogP contribution is -2.29. The van der Waals surface area contributed by atoms with Crippen LogP contribution in [-0.4, -0.2) is 22.8 Å². The van der Waals surface area contributed by atoms with Crippen LogP contribution in [0.3, 0.4) is 0 Å². The molecule has 5 heteroatoms. The lowest BCUT2D eigenvalue weighted by molar-refractivity contribution is 0.0737. The third-order valence-electron chi connectivity index (χ3n) is 3.42. The van der Waals surface area contributed by atoms with Crippen LogP contribution >= 0.6 is 23.2 Å². The summed E-state index contributed by atoms with van der Waals surface area (Å²) in [5, 5.41) is 0.637. The van der Waals surface area contributed by atoms with E-state index in [1.54, 1.807) is 18.0 Å². The van der Waals surface area contributed by atoms with Gasteiger partial charge in [0.2, 0.25) is 0 Å². The van der Waals surface area contributed by atoms with Crippen LogP contribution in [0.15, 0.2) is 30.3 Å². The molecule has 1 unspecified atom stereocenters. The number of aromatic amines is 1. The molecule has 2 aromatic rings. The number of hydrogen-bond acceptors (Lipinski definition) is 1. The Morgan fingerprint density at radius 3 is 2.35 bits per heavy atom. The molecule has 0 fully saturated rings. The van der Waals surface area contributed by atoms with Crippen LogP contribution in [0.2, 0.25) is 10.2 Å². The van der Waals surface area contributed by atoms with Gasteiger partial charge in [0.15, 0.2) is 0 Å². The molecule has 0 bridgehead atoms. The van der Waals surface area contributed by atoms with Gasteiger partial charge in [-0.15, -0.1) is 0 Å². The first kappa shape index (κ1) is 14.9. The molecule has 0 saturated carbocycles. The van der Waals surface area contributed by atoms with Crippen LogP contribution in [0.5, 0.6) is 0 Å². The summed E-state index contributed by atoms with van der Waals surface area (Å²) in [6, 6.07) is 9.63. The number of amides is 1. The lowest BCUT2D eigenvalue weighted by atomic mass is 10.1. The summed E-state index contributed by atoms with van der Waals surface area (Å²) in [6.45, 7) is 4.01. The van der Waals surface area contributed by atoms with Gasteiger partial charge in [-0.2, -0.15) is 0 Å². The maximum Gasteiger partial charge on any atom is 0.270 e. The number of hydrogen-bond donors (Lipinski definition) is 1. The molecule has 1 N–H and O–H groups in total. The highest BCUT2D eigenvalue weighted by atomic mass is 35.5. The number of aromatic nitrogens is 1. The van der Waals surface area contributed by atoms with E-state index in [9.17, 15) is 4.79 Å². The van der Waals surface area contributed by atoms with Gasteiger partial charge in [0.1, 0.15) is 10.8 Å². The normalized spacial score (nSPS) is 12.2. The number of halogens is 2. The zero-order valence-electron chi connectivity index (χ0n) is 11.6. The van der Waals surface area contributed by atoms with Gasteiger partial charge in [0.25, 0.3) is 5.91 Å². The molecule has 1 atom stereocenters. The van der Waals surface area contributed by atoms with Crippen molar-refractivity contribution in [3.63, 3.8) is 0 Å². The Kier molecular flexibility index (Phi) is 4.41. The Morgan fingerprint density at radius 2 is 1.85 bits per heavy atom. The smallest absolute Gasteiger partial charge is 0.270 e. The number of carbonyl (C=O) groups excluding carboxylic acids is 1. The zero-order chi connectivity index (χ0) is 14.9. The van der Waals surface area contributed by atoms with Crippen molar-refractivity contribution < 1.29 is 4.79 Å². The van der Waals surface area contributed by atoms with Crippen LogP contribution in [0, 0.1) is 6.92 Å². The largest absolute Gasteiger partial charge is 0.340 e. The molecule has 2 rings (SSSR count). The molecule has 1 heterocycles. The van der Waals surface area contributed by atoms with E-state index in [0.717, 1.165) is 5.56 Å². The van der Waals surface area contributed by atoms with Crippen molar-refractivity contribution in [3.05, 3.63) is 57.3 Å². The molecule has 1 aromatic heterocycles. The molecule has 0 saturated heterocycles. The second kappa shape index (κ2) is 5.90. The molecule has 1 aromatic carbocycles. The minimum absolute atomic E-state index is 0.0380. The van der Waals surface area contributed by atoms with E-state index in [1.165, 1.54) is 5.56 Å². The Bertz CT molecular complexity index is 600. The minimum atomic E-state index is -0.146. The van der Waals surface area contributed by atoms with Gasteiger partial charge in [-0.3, -0.25) is 4.79 Å². The molecule has 106 valence electrons. The summed E-state index contributed by atoms with van der Waals surface area (Å²) in [4.78, 5) is 16.8. The van der Waals surface area contributed by atoms with Crippen LogP contribution in [0.1, 0.15) is 34.6 Å². The predicted molar refractivity (Wildman–Crippen MR) is 82.5 cm³/mol. The topological polar surface area (TPSA) is 36.1 Å². The number of nitrogens with one attached hydrogen (secondary N) is 1. The Morgan fingerprint density at radius 1 is 1.25 bits per heavy atom. The highest BCUT2D eigenvalue weighted by Crippen LogP contribution is 2.25. The predicted octanol–water partition coefficient (Wildman–Crippen LogP) is 4.46. The number of rotatable bonds is 3. The number of H-pyrrole nitrogens is 1. The summed E-state index contributed by atoms with van der Waals surface area (Å²) in [5.41, 5.74) is 2.66. The Hall–Kier alpha value is -1.45. The number of benzene rings is 1. The molecule has 0 aliphatic carbocycles. The summed E-state index contributed by atoms with van der Waals surface area (Å²) < 4.78 is 0. The van der Waals surface area contributed by atoms with Crippen LogP contribution in [-0.2, 0) is 0 Å². The molecular formula is C15H16Cl2N2O. The molecule has 20 heavy (non-hydrogen) atoms. The average Bonchev–Trinajstić information content (AvgIpc) is 2.77. The Labute approximate surface area is 128 Å². The highest BCUT2D eigenvalue weighted by molar-refractivity contribution is 6.41. The van der Waals surface area contributed by atoms with Crippen LogP contribution in [0.4, 0.5) is 0 Å². The monoisotopic (exact) mass is 310 g/mol. The fourth-order valence-corrected chi connectivity index (χ4v) is 2.27. The number of carbonyl (C=O) groups is 1. The summed E-state index contributed by atoms with van der Waals surface area (Å²) in [6.07, 6.45) is 0. The fourth-order valence-electron chi connectivity index (χ4n) is 1.95. The first-order valence-electron chi connectivity index (χ1n) is 6.28. The van der Waals surface area contributed by atoms with Crippen molar-refractivity contribution >= 4 is 29.1 Å². The molecule has 0 aliphatic rings. The average molecular weight is 311 g/mol. The van der Waals surface area contributed by atoms with Crippen molar-refractivity contribution in [2.45, 2.75) is 19.9 Å². The van der Waals surface area contributed by atoms with E-state index in [1.807, 2.05) is 38.1 Å². The molecule has 1 amide bonds. The van der Waals surface area contributed by atoms with Gasteiger partial charge in [-0.25, -0.2) is 0 Å². The van der Waals surface area contributed by atoms with Gasteiger partial charge < -0.3 is 9.88 Å². The second-order valence-corrected chi connectivity index (χ2v) is 5.63. The summed E-state index contributed by atoms with van der Waals surface area (Å²) in [7, 11) is 1.76. The van der Waals surface area contributed by atoms with Crippen LogP contribution in [0.25, 0.3) is 0 Å². The van der Waals surface area contributed by atoms with Crippen molar-refractivity contribution in [3.8, 4) is 0 Å². The summed E-state index contributed by atoms with van der Waals surface area (Å²) in [5.74, 6) is -0.146. The van der Waals surface area contributed by atoms with Crippen molar-refractivity contribution in [1.82, 2.24) is 9.88 Å². The maximum atomic E-state index is 12.4. The van der Waals surface area contributed by atoms with Crippen LogP contribution < -0.4 is 0 Å². The summed E-state index contributed by atoms with van der Waals surface area (Å²) >= 11 is 11.7. The quantitative estimate of drug-likeness (QED) is 0.892. The van der Waals surface area contributed by atoms with Crippen molar-refractivity contribution in [1.29, 1.82) is 0 Å². The Balaban J connectivity index is 2.19. The van der Waals surface area contributed by atoms with Gasteiger partial charge in [0, 0.05) is 7.05 Å². The van der Waals surface area contributed by atoms with Crippen molar-refractivity contribution in [2.24, 2.45) is 0 Å². The van der Waals surface area contributed by atoms with Gasteiger partial charge >= 0.3 is 0 Å². The van der Waals surface area contributed by atoms with E-state index in [4.69, 9.17) is 23.2 Å². The van der Waals surface area contributed by atoms with Gasteiger partial charge in [-0.05, 0) is 25.5 Å². The van der Waals surface area contributed by atoms with Gasteiger partial charge in [-0.1, -0.05) is 53.0 Å². The molecule has 0 aliphatic heterocycles. The maximum absolute atomic E-state index is 12.4. The molecule has 0 spiro atoms. The number of aryl methyl sites for hydroxylation is 1. The first-order valence-corrected chi connectivity index (χ1v) is 7.03. The first-order chi connectivity index (χ1) is 9.40. The highest BCUT2D eigenvalue weighted by Gasteiger charge is 2.21. The lowest BCUT2D eigenvalue weighted by Gasteiger charge is -2.25. The molecular weight excluding hydrogens is 295 g/mol. The third kappa shape index (κ3) is 3.00. The van der Waals surface area contributed by atoms with E-state index in [0.29, 0.717) is 10.7 Å².